The first kappa shape index (κ1) is 13.7. The third-order valence-electron chi connectivity index (χ3n) is 3.33. The Morgan fingerprint density at radius 1 is 1.47 bits per heavy atom. The second-order valence-corrected chi connectivity index (χ2v) is 4.76. The highest BCUT2D eigenvalue weighted by Crippen LogP contribution is 2.30. The summed E-state index contributed by atoms with van der Waals surface area (Å²) in [5, 5.41) is 7.21. The van der Waals surface area contributed by atoms with Gasteiger partial charge in [-0.2, -0.15) is 0 Å². The zero-order valence-corrected chi connectivity index (χ0v) is 10.7. The molecule has 6 heteroatoms. The fourth-order valence-corrected chi connectivity index (χ4v) is 2.43. The Morgan fingerprint density at radius 2 is 2.11 bits per heavy atom. The maximum Gasteiger partial charge on any atom is 0.150 e. The molecule has 0 bridgehead atoms. The number of hydrogen-bond donors (Lipinski definition) is 2. The van der Waals surface area contributed by atoms with E-state index < -0.39 is 11.6 Å². The number of anilines is 1. The summed E-state index contributed by atoms with van der Waals surface area (Å²) in [6, 6.07) is 2.20. The molecule has 1 heterocycles. The number of benzene rings is 1. The average molecular weight is 269 g/mol. The second-order valence-electron chi connectivity index (χ2n) is 4.76. The first-order valence-corrected chi connectivity index (χ1v) is 6.10. The minimum atomic E-state index is -0.678. The minimum absolute atomic E-state index is 0.0383. The minimum Gasteiger partial charge on any atom is -0.384 e. The summed E-state index contributed by atoms with van der Waals surface area (Å²) in [7, 11) is 1.62. The molecule has 4 nitrogen and oxygen atoms in total. The molecule has 19 heavy (non-hydrogen) atoms. The summed E-state index contributed by atoms with van der Waals surface area (Å²) in [4.78, 5) is 1.68. The molecule has 1 aromatic carbocycles. The Morgan fingerprint density at radius 3 is 2.63 bits per heavy atom. The first-order chi connectivity index (χ1) is 9.02. The molecule has 3 N–H and O–H groups in total. The number of halogens is 2. The molecule has 0 spiro atoms. The predicted molar refractivity (Wildman–Crippen MR) is 69.6 cm³/mol. The van der Waals surface area contributed by atoms with E-state index in [2.05, 4.69) is 0 Å². The van der Waals surface area contributed by atoms with Gasteiger partial charge in [0.25, 0.3) is 0 Å². The maximum absolute atomic E-state index is 14.0. The highest BCUT2D eigenvalue weighted by atomic mass is 19.1. The predicted octanol–water partition coefficient (Wildman–Crippen LogP) is 1.72. The van der Waals surface area contributed by atoms with Crippen LogP contribution in [-0.2, 0) is 4.74 Å². The quantitative estimate of drug-likeness (QED) is 0.646. The molecule has 0 aliphatic carbocycles. The van der Waals surface area contributed by atoms with Crippen LogP contribution >= 0.6 is 0 Å². The van der Waals surface area contributed by atoms with Crippen LogP contribution < -0.4 is 10.6 Å². The number of nitrogens with zero attached hydrogens (tertiary/aromatic N) is 1. The van der Waals surface area contributed by atoms with Crippen LogP contribution in [0.2, 0.25) is 0 Å². The zero-order chi connectivity index (χ0) is 14.0. The van der Waals surface area contributed by atoms with Crippen LogP contribution in [0.3, 0.4) is 0 Å². The Labute approximate surface area is 110 Å². The number of ether oxygens (including phenoxy) is 1. The largest absolute Gasteiger partial charge is 0.384 e. The van der Waals surface area contributed by atoms with Crippen LogP contribution in [0, 0.1) is 23.0 Å². The van der Waals surface area contributed by atoms with Crippen molar-refractivity contribution < 1.29 is 13.5 Å². The number of nitrogens with two attached hydrogens (primary N) is 1. The monoisotopic (exact) mass is 269 g/mol. The van der Waals surface area contributed by atoms with Gasteiger partial charge in [-0.3, -0.25) is 5.41 Å². The van der Waals surface area contributed by atoms with E-state index in [1.54, 1.807) is 12.0 Å². The number of nitrogens with one attached hydrogen (secondary N) is 1. The van der Waals surface area contributed by atoms with E-state index in [-0.39, 0.29) is 23.0 Å². The molecule has 0 saturated carbocycles. The van der Waals surface area contributed by atoms with E-state index in [0.717, 1.165) is 18.6 Å². The van der Waals surface area contributed by atoms with Crippen molar-refractivity contribution >= 4 is 11.5 Å². The normalized spacial score (nSPS) is 18.9. The SMILES string of the molecule is COCC1CCN(c2c(F)cc(C(=N)N)cc2F)C1. The van der Waals surface area contributed by atoms with Crippen LogP contribution in [0.25, 0.3) is 0 Å². The molecule has 1 atom stereocenters. The molecule has 104 valence electrons. The molecular formula is C13H17F2N3O. The molecular weight excluding hydrogens is 252 g/mol. The van der Waals surface area contributed by atoms with Crippen LogP contribution in [0.15, 0.2) is 12.1 Å². The van der Waals surface area contributed by atoms with Gasteiger partial charge in [-0.05, 0) is 18.6 Å². The summed E-state index contributed by atoms with van der Waals surface area (Å²) in [6.45, 7) is 1.76. The molecule has 1 aromatic rings. The summed E-state index contributed by atoms with van der Waals surface area (Å²) < 4.78 is 33.0. The van der Waals surface area contributed by atoms with Crippen molar-refractivity contribution in [3.05, 3.63) is 29.3 Å². The lowest BCUT2D eigenvalue weighted by atomic mass is 10.1. The van der Waals surface area contributed by atoms with Crippen molar-refractivity contribution in [2.45, 2.75) is 6.42 Å². The molecule has 2 rings (SSSR count). The average Bonchev–Trinajstić information content (AvgIpc) is 2.77. The van der Waals surface area contributed by atoms with Gasteiger partial charge >= 0.3 is 0 Å². The third-order valence-corrected chi connectivity index (χ3v) is 3.33. The summed E-state index contributed by atoms with van der Waals surface area (Å²) in [5.41, 5.74) is 5.26. The topological polar surface area (TPSA) is 62.3 Å². The Bertz CT molecular complexity index is 470. The van der Waals surface area contributed by atoms with Gasteiger partial charge in [0.05, 0.1) is 6.61 Å². The third kappa shape index (κ3) is 2.84. The van der Waals surface area contributed by atoms with Crippen molar-refractivity contribution in [3.8, 4) is 0 Å². The second kappa shape index (κ2) is 5.52. The van der Waals surface area contributed by atoms with Crippen molar-refractivity contribution in [2.24, 2.45) is 11.7 Å². The van der Waals surface area contributed by atoms with Gasteiger partial charge in [-0.25, -0.2) is 8.78 Å². The molecule has 0 radical (unpaired) electrons. The summed E-state index contributed by atoms with van der Waals surface area (Å²) >= 11 is 0. The van der Waals surface area contributed by atoms with E-state index in [1.807, 2.05) is 0 Å². The lowest BCUT2D eigenvalue weighted by Gasteiger charge is -2.20. The standard InChI is InChI=1S/C13H17F2N3O/c1-19-7-8-2-3-18(6-8)12-10(14)4-9(13(16)17)5-11(12)15/h4-5,8H,2-3,6-7H2,1H3,(H3,16,17). The van der Waals surface area contributed by atoms with Crippen molar-refractivity contribution in [3.63, 3.8) is 0 Å². The van der Waals surface area contributed by atoms with E-state index in [1.165, 1.54) is 0 Å². The van der Waals surface area contributed by atoms with E-state index >= 15 is 0 Å². The molecule has 1 aliphatic heterocycles. The first-order valence-electron chi connectivity index (χ1n) is 6.10. The van der Waals surface area contributed by atoms with E-state index in [9.17, 15) is 8.78 Å². The maximum atomic E-state index is 14.0. The van der Waals surface area contributed by atoms with Gasteiger partial charge < -0.3 is 15.4 Å². The molecule has 1 unspecified atom stereocenters. The van der Waals surface area contributed by atoms with Crippen molar-refractivity contribution in [2.75, 3.05) is 31.7 Å². The van der Waals surface area contributed by atoms with Gasteiger partial charge in [0.1, 0.15) is 23.2 Å². The van der Waals surface area contributed by atoms with Crippen molar-refractivity contribution in [1.29, 1.82) is 5.41 Å². The van der Waals surface area contributed by atoms with Gasteiger partial charge in [-0.15, -0.1) is 0 Å². The van der Waals surface area contributed by atoms with Crippen LogP contribution in [0.5, 0.6) is 0 Å². The molecule has 1 saturated heterocycles. The zero-order valence-electron chi connectivity index (χ0n) is 10.7. The summed E-state index contributed by atoms with van der Waals surface area (Å²) in [6.07, 6.45) is 0.848. The highest BCUT2D eigenvalue weighted by Gasteiger charge is 2.27. The van der Waals surface area contributed by atoms with Gasteiger partial charge in [0.2, 0.25) is 0 Å². The van der Waals surface area contributed by atoms with Crippen LogP contribution in [0.1, 0.15) is 12.0 Å². The van der Waals surface area contributed by atoms with Gasteiger partial charge in [0, 0.05) is 31.7 Å². The molecule has 0 amide bonds. The number of nitrogen functional groups attached to an aromatic ring is 1. The fraction of sp³-hybridized carbons (Fsp3) is 0.462. The molecule has 1 aliphatic rings. The fourth-order valence-electron chi connectivity index (χ4n) is 2.43. The van der Waals surface area contributed by atoms with Crippen LogP contribution in [0.4, 0.5) is 14.5 Å². The number of amidine groups is 1. The summed E-state index contributed by atoms with van der Waals surface area (Å²) in [5.74, 6) is -1.41. The molecule has 1 fully saturated rings. The molecule has 0 aromatic heterocycles. The van der Waals surface area contributed by atoms with Gasteiger partial charge in [0.15, 0.2) is 0 Å². The highest BCUT2D eigenvalue weighted by molar-refractivity contribution is 5.95. The van der Waals surface area contributed by atoms with E-state index in [4.69, 9.17) is 15.9 Å². The van der Waals surface area contributed by atoms with Crippen molar-refractivity contribution in [1.82, 2.24) is 0 Å². The number of methoxy groups -OCH3 is 1. The van der Waals surface area contributed by atoms with Gasteiger partial charge in [-0.1, -0.05) is 0 Å². The van der Waals surface area contributed by atoms with E-state index in [0.29, 0.717) is 19.7 Å². The lowest BCUT2D eigenvalue weighted by molar-refractivity contribution is 0.161. The Hall–Kier alpha value is -1.69. The van der Waals surface area contributed by atoms with Crippen LogP contribution in [-0.4, -0.2) is 32.6 Å². The Balaban J connectivity index is 2.24. The number of hydrogen-bond acceptors (Lipinski definition) is 3. The lowest BCUT2D eigenvalue weighted by Crippen LogP contribution is -2.24. The smallest absolute Gasteiger partial charge is 0.150 e. The Kier molecular flexibility index (Phi) is 3.99. The number of rotatable bonds is 4.